The van der Waals surface area contributed by atoms with Gasteiger partial charge in [-0.1, -0.05) is 12.1 Å². The summed E-state index contributed by atoms with van der Waals surface area (Å²) in [5.74, 6) is 0.149. The lowest BCUT2D eigenvalue weighted by atomic mass is 10.1. The molecule has 0 saturated heterocycles. The first-order valence-corrected chi connectivity index (χ1v) is 5.75. The maximum atomic E-state index is 11.5. The number of anilines is 1. The fourth-order valence-corrected chi connectivity index (χ4v) is 2.07. The van der Waals surface area contributed by atoms with Crippen molar-refractivity contribution in [3.8, 4) is 0 Å². The van der Waals surface area contributed by atoms with Gasteiger partial charge in [-0.05, 0) is 30.2 Å². The van der Waals surface area contributed by atoms with Crippen molar-refractivity contribution in [2.24, 2.45) is 0 Å². The van der Waals surface area contributed by atoms with E-state index in [2.05, 4.69) is 11.4 Å². The topological polar surface area (TPSA) is 49.4 Å². The number of carbonyl (C=O) groups is 2. The van der Waals surface area contributed by atoms with Crippen molar-refractivity contribution < 1.29 is 9.59 Å². The molecule has 1 N–H and O–H groups in total. The first-order chi connectivity index (χ1) is 8.22. The molecule has 0 radical (unpaired) electrons. The fraction of sp³-hybridized carbons (Fsp3) is 0.385. The van der Waals surface area contributed by atoms with Crippen molar-refractivity contribution in [1.82, 2.24) is 5.32 Å². The predicted molar refractivity (Wildman–Crippen MR) is 66.2 cm³/mol. The smallest absolute Gasteiger partial charge is 0.231 e. The van der Waals surface area contributed by atoms with Crippen molar-refractivity contribution in [3.05, 3.63) is 29.3 Å². The molecular weight excluding hydrogens is 216 g/mol. The highest BCUT2D eigenvalue weighted by atomic mass is 16.2. The van der Waals surface area contributed by atoms with Crippen LogP contribution in [0.1, 0.15) is 11.1 Å². The molecule has 1 amide bonds. The Kier molecular flexibility index (Phi) is 3.54. The number of fused-ring (bicyclic) bond motifs is 1. The molecule has 2 rings (SSSR count). The molecule has 17 heavy (non-hydrogen) atoms. The highest BCUT2D eigenvalue weighted by Crippen LogP contribution is 2.28. The Bertz CT molecular complexity index is 443. The molecule has 0 aromatic heterocycles. The molecule has 0 aliphatic carbocycles. The van der Waals surface area contributed by atoms with Gasteiger partial charge in [0.25, 0.3) is 0 Å². The zero-order valence-corrected chi connectivity index (χ0v) is 9.90. The Morgan fingerprint density at radius 1 is 1.47 bits per heavy atom. The number of nitrogens with zero attached hydrogens (tertiary/aromatic N) is 1. The second-order valence-electron chi connectivity index (χ2n) is 4.21. The van der Waals surface area contributed by atoms with Gasteiger partial charge in [-0.15, -0.1) is 0 Å². The average molecular weight is 232 g/mol. The molecule has 1 aliphatic rings. The van der Waals surface area contributed by atoms with E-state index < -0.39 is 0 Å². The molecular formula is C13H16N2O2. The minimum Gasteiger partial charge on any atom is -0.315 e. The van der Waals surface area contributed by atoms with Gasteiger partial charge in [-0.3, -0.25) is 4.79 Å². The number of likely N-dealkylation sites (N-methyl/N-ethyl adjacent to an activating group) is 1. The summed E-state index contributed by atoms with van der Waals surface area (Å²) in [6.45, 7) is 1.17. The molecule has 1 heterocycles. The van der Waals surface area contributed by atoms with Crippen LogP contribution in [0.3, 0.4) is 0 Å². The number of benzene rings is 1. The van der Waals surface area contributed by atoms with Gasteiger partial charge in [0.15, 0.2) is 0 Å². The van der Waals surface area contributed by atoms with Gasteiger partial charge in [-0.25, -0.2) is 0 Å². The first kappa shape index (κ1) is 11.8. The van der Waals surface area contributed by atoms with Crippen LogP contribution in [0.4, 0.5) is 5.69 Å². The van der Waals surface area contributed by atoms with Gasteiger partial charge < -0.3 is 15.0 Å². The van der Waals surface area contributed by atoms with E-state index in [1.165, 1.54) is 5.56 Å². The van der Waals surface area contributed by atoms with Crippen LogP contribution in [-0.4, -0.2) is 32.3 Å². The standard InChI is InChI=1S/C13H16N2O2/c1-15-12-3-2-10(4-5-14-6-7-16)8-11(12)9-13(15)17/h2-3,7-8,14H,4-6,9H2,1H3. The van der Waals surface area contributed by atoms with E-state index >= 15 is 0 Å². The summed E-state index contributed by atoms with van der Waals surface area (Å²) in [5.41, 5.74) is 3.32. The van der Waals surface area contributed by atoms with Crippen LogP contribution in [-0.2, 0) is 22.4 Å². The largest absolute Gasteiger partial charge is 0.315 e. The quantitative estimate of drug-likeness (QED) is 0.595. The third-order valence-electron chi connectivity index (χ3n) is 3.04. The normalized spacial score (nSPS) is 13.9. The molecule has 0 saturated carbocycles. The maximum Gasteiger partial charge on any atom is 0.231 e. The molecule has 0 spiro atoms. The lowest BCUT2D eigenvalue weighted by molar-refractivity contribution is -0.117. The monoisotopic (exact) mass is 232 g/mol. The van der Waals surface area contributed by atoms with E-state index in [4.69, 9.17) is 0 Å². The van der Waals surface area contributed by atoms with Crippen molar-refractivity contribution in [1.29, 1.82) is 0 Å². The highest BCUT2D eigenvalue weighted by molar-refractivity contribution is 6.00. The highest BCUT2D eigenvalue weighted by Gasteiger charge is 2.23. The summed E-state index contributed by atoms with van der Waals surface area (Å²) < 4.78 is 0. The number of aldehydes is 1. The number of amides is 1. The summed E-state index contributed by atoms with van der Waals surface area (Å²) in [7, 11) is 1.81. The minimum absolute atomic E-state index is 0.149. The van der Waals surface area contributed by atoms with Crippen molar-refractivity contribution in [3.63, 3.8) is 0 Å². The molecule has 4 nitrogen and oxygen atoms in total. The van der Waals surface area contributed by atoms with Crippen molar-refractivity contribution in [2.45, 2.75) is 12.8 Å². The Morgan fingerprint density at radius 2 is 2.29 bits per heavy atom. The number of nitrogens with one attached hydrogen (secondary N) is 1. The van der Waals surface area contributed by atoms with Crippen molar-refractivity contribution in [2.75, 3.05) is 25.0 Å². The zero-order valence-electron chi connectivity index (χ0n) is 9.90. The lowest BCUT2D eigenvalue weighted by Gasteiger charge is -2.10. The number of carbonyl (C=O) groups excluding carboxylic acids is 2. The SMILES string of the molecule is CN1C(=O)Cc2cc(CCNCC=O)ccc21. The average Bonchev–Trinajstić information content (AvgIpc) is 2.61. The van der Waals surface area contributed by atoms with Crippen LogP contribution in [0.25, 0.3) is 0 Å². The van der Waals surface area contributed by atoms with E-state index in [1.807, 2.05) is 12.1 Å². The van der Waals surface area contributed by atoms with Crippen LogP contribution in [0.15, 0.2) is 18.2 Å². The van der Waals surface area contributed by atoms with Crippen LogP contribution >= 0.6 is 0 Å². The number of hydrogen-bond acceptors (Lipinski definition) is 3. The number of rotatable bonds is 5. The van der Waals surface area contributed by atoms with Crippen LogP contribution < -0.4 is 10.2 Å². The molecule has 4 heteroatoms. The number of hydrogen-bond donors (Lipinski definition) is 1. The van der Waals surface area contributed by atoms with Crippen molar-refractivity contribution >= 4 is 17.9 Å². The fourth-order valence-electron chi connectivity index (χ4n) is 2.07. The molecule has 0 atom stereocenters. The maximum absolute atomic E-state index is 11.5. The summed E-state index contributed by atoms with van der Waals surface area (Å²) in [5, 5.41) is 3.02. The molecule has 1 aromatic rings. The van der Waals surface area contributed by atoms with Gasteiger partial charge in [-0.2, -0.15) is 0 Å². The molecule has 1 aliphatic heterocycles. The first-order valence-electron chi connectivity index (χ1n) is 5.75. The Balaban J connectivity index is 2.00. The second-order valence-corrected chi connectivity index (χ2v) is 4.21. The summed E-state index contributed by atoms with van der Waals surface area (Å²) >= 11 is 0. The molecule has 0 fully saturated rings. The predicted octanol–water partition coefficient (Wildman–Crippen LogP) is 0.536. The second kappa shape index (κ2) is 5.10. The van der Waals surface area contributed by atoms with E-state index in [0.717, 1.165) is 30.5 Å². The van der Waals surface area contributed by atoms with E-state index in [0.29, 0.717) is 13.0 Å². The minimum atomic E-state index is 0.149. The van der Waals surface area contributed by atoms with Crippen LogP contribution in [0, 0.1) is 0 Å². The van der Waals surface area contributed by atoms with Gasteiger partial charge in [0.05, 0.1) is 13.0 Å². The summed E-state index contributed by atoms with van der Waals surface area (Å²) in [6, 6.07) is 6.12. The third-order valence-corrected chi connectivity index (χ3v) is 3.04. The zero-order chi connectivity index (χ0) is 12.3. The Hall–Kier alpha value is -1.68. The molecule has 0 unspecified atom stereocenters. The third kappa shape index (κ3) is 2.53. The molecule has 0 bridgehead atoms. The summed E-state index contributed by atoms with van der Waals surface area (Å²) in [6.07, 6.45) is 2.23. The lowest BCUT2D eigenvalue weighted by Crippen LogP contribution is -2.20. The van der Waals surface area contributed by atoms with E-state index in [9.17, 15) is 9.59 Å². The van der Waals surface area contributed by atoms with Gasteiger partial charge in [0.1, 0.15) is 6.29 Å². The summed E-state index contributed by atoms with van der Waals surface area (Å²) in [4.78, 5) is 23.4. The van der Waals surface area contributed by atoms with Crippen LogP contribution in [0.2, 0.25) is 0 Å². The Labute approximate surface area is 101 Å². The van der Waals surface area contributed by atoms with Crippen LogP contribution in [0.5, 0.6) is 0 Å². The van der Waals surface area contributed by atoms with Gasteiger partial charge in [0.2, 0.25) is 5.91 Å². The van der Waals surface area contributed by atoms with Gasteiger partial charge >= 0.3 is 0 Å². The van der Waals surface area contributed by atoms with E-state index in [1.54, 1.807) is 11.9 Å². The van der Waals surface area contributed by atoms with Gasteiger partial charge in [0, 0.05) is 12.7 Å². The van der Waals surface area contributed by atoms with E-state index in [-0.39, 0.29) is 5.91 Å². The molecule has 90 valence electrons. The Morgan fingerprint density at radius 3 is 3.06 bits per heavy atom. The molecule has 1 aromatic carbocycles.